The molecule has 0 aliphatic heterocycles. The number of anilines is 6. The summed E-state index contributed by atoms with van der Waals surface area (Å²) in [5.74, 6) is 0. The maximum Gasteiger partial charge on any atom is 0.0620 e. The van der Waals surface area contributed by atoms with Gasteiger partial charge in [-0.1, -0.05) is 311 Å². The number of hydrogen-bond acceptors (Lipinski definition) is 2. The lowest BCUT2D eigenvalue weighted by Gasteiger charge is -2.35. The molecule has 0 unspecified atom stereocenters. The number of fused-ring (bicyclic) bond motifs is 17. The van der Waals surface area contributed by atoms with Crippen LogP contribution < -0.4 is 9.80 Å². The number of nitrogens with zero attached hydrogens (tertiary/aromatic N) is 2. The van der Waals surface area contributed by atoms with E-state index < -0.39 is 0 Å². The van der Waals surface area contributed by atoms with E-state index in [0.717, 1.165) is 55.7 Å². The second-order valence-electron chi connectivity index (χ2n) is 34.9. The van der Waals surface area contributed by atoms with Crippen LogP contribution in [-0.2, 0) is 27.1 Å². The smallest absolute Gasteiger partial charge is 0.0620 e. The van der Waals surface area contributed by atoms with Crippen LogP contribution >= 0.6 is 0 Å². The van der Waals surface area contributed by atoms with Crippen LogP contribution in [0.1, 0.15) is 136 Å². The predicted molar refractivity (Wildman–Crippen MR) is 470 cm³/mol. The fourth-order valence-corrected chi connectivity index (χ4v) is 20.8. The van der Waals surface area contributed by atoms with E-state index in [2.05, 4.69) is 408 Å². The molecule has 2 heteroatoms. The molecule has 16 aromatic rings. The van der Waals surface area contributed by atoms with Gasteiger partial charge in [-0.3, -0.25) is 0 Å². The van der Waals surface area contributed by atoms with E-state index in [4.69, 9.17) is 0 Å². The molecule has 0 spiro atoms. The maximum atomic E-state index is 2.67. The molecule has 111 heavy (non-hydrogen) atoms. The van der Waals surface area contributed by atoms with Gasteiger partial charge < -0.3 is 9.80 Å². The Balaban J connectivity index is 0.748. The number of rotatable bonds is 10. The van der Waals surface area contributed by atoms with Gasteiger partial charge in [0, 0.05) is 71.1 Å². The Bertz CT molecular complexity index is 6380. The van der Waals surface area contributed by atoms with Gasteiger partial charge in [0.05, 0.1) is 22.7 Å². The summed E-state index contributed by atoms with van der Waals surface area (Å²) >= 11 is 0. The van der Waals surface area contributed by atoms with Gasteiger partial charge in [-0.2, -0.15) is 0 Å². The van der Waals surface area contributed by atoms with Crippen molar-refractivity contribution in [1.29, 1.82) is 0 Å². The summed E-state index contributed by atoms with van der Waals surface area (Å²) in [5, 5.41) is 4.60. The van der Waals surface area contributed by atoms with Crippen molar-refractivity contribution in [2.75, 3.05) is 9.80 Å². The molecule has 5 aliphatic carbocycles. The van der Waals surface area contributed by atoms with Gasteiger partial charge in [0.25, 0.3) is 0 Å². The number of aryl methyl sites for hydroxylation is 2. The molecular formula is C109H88N2. The molecule has 0 atom stereocenters. The van der Waals surface area contributed by atoms with Crippen LogP contribution in [0.5, 0.6) is 0 Å². The first kappa shape index (κ1) is 66.8. The number of para-hydroxylation sites is 1. The van der Waals surface area contributed by atoms with E-state index in [0.29, 0.717) is 0 Å². The molecule has 2 nitrogen and oxygen atoms in total. The number of benzene rings is 16. The molecular weight excluding hydrogens is 1340 g/mol. The Morgan fingerprint density at radius 1 is 0.180 bits per heavy atom. The molecule has 534 valence electrons. The minimum Gasteiger partial charge on any atom is -0.309 e. The molecule has 0 bridgehead atoms. The van der Waals surface area contributed by atoms with E-state index in [1.165, 1.54) is 167 Å². The van der Waals surface area contributed by atoms with Gasteiger partial charge >= 0.3 is 0 Å². The third-order valence-electron chi connectivity index (χ3n) is 26.8. The van der Waals surface area contributed by atoms with Crippen molar-refractivity contribution >= 4 is 55.7 Å². The van der Waals surface area contributed by atoms with Crippen molar-refractivity contribution < 1.29 is 0 Å². The van der Waals surface area contributed by atoms with Crippen molar-refractivity contribution in [3.63, 3.8) is 0 Å². The average molecular weight is 1430 g/mol. The van der Waals surface area contributed by atoms with Crippen LogP contribution in [0.4, 0.5) is 34.1 Å². The first-order valence-electron chi connectivity index (χ1n) is 39.8. The maximum absolute atomic E-state index is 2.67. The highest BCUT2D eigenvalue weighted by molar-refractivity contribution is 6.24. The minimum atomic E-state index is -0.309. The summed E-state index contributed by atoms with van der Waals surface area (Å²) in [6.07, 6.45) is 0. The van der Waals surface area contributed by atoms with E-state index >= 15 is 0 Å². The first-order chi connectivity index (χ1) is 53.6. The lowest BCUT2D eigenvalue weighted by atomic mass is 9.79. The van der Waals surface area contributed by atoms with Crippen molar-refractivity contribution in [2.24, 2.45) is 0 Å². The molecule has 0 aromatic heterocycles. The van der Waals surface area contributed by atoms with E-state index in [1.807, 2.05) is 0 Å². The van der Waals surface area contributed by atoms with Crippen LogP contribution in [0.2, 0.25) is 0 Å². The van der Waals surface area contributed by atoms with Crippen LogP contribution in [0, 0.1) is 13.8 Å². The molecule has 0 radical (unpaired) electrons. The van der Waals surface area contributed by atoms with E-state index in [1.54, 1.807) is 0 Å². The van der Waals surface area contributed by atoms with Crippen LogP contribution in [-0.4, -0.2) is 0 Å². The highest BCUT2D eigenvalue weighted by atomic mass is 15.2. The van der Waals surface area contributed by atoms with Crippen molar-refractivity contribution in [3.8, 4) is 100 Å². The molecule has 0 fully saturated rings. The second kappa shape index (κ2) is 23.8. The zero-order valence-corrected chi connectivity index (χ0v) is 65.4. The Labute approximate surface area is 653 Å². The largest absolute Gasteiger partial charge is 0.309 e. The van der Waals surface area contributed by atoms with Crippen LogP contribution in [0.15, 0.2) is 315 Å². The zero-order chi connectivity index (χ0) is 75.5. The van der Waals surface area contributed by atoms with Gasteiger partial charge in [0.2, 0.25) is 0 Å². The quantitative estimate of drug-likeness (QED) is 0.0995. The highest BCUT2D eigenvalue weighted by Crippen LogP contribution is 2.60. The van der Waals surface area contributed by atoms with E-state index in [9.17, 15) is 0 Å². The Hall–Kier alpha value is -12.4. The molecule has 0 saturated carbocycles. The minimum absolute atomic E-state index is 0.0906. The summed E-state index contributed by atoms with van der Waals surface area (Å²) in [4.78, 5) is 5.22. The molecule has 0 heterocycles. The SMILES string of the molecule is Cc1ccc(N(c2ccc(C)cc2-c2ccc3c(c2)C(C)(C)c2cc(-c4ccc5c(c4)C(C)(C)c4ccccc4-5)ccc2-3)c2c3ccccc3c(N(c3ccccc3)c3ccc4c(c3)C(C)(C)c3ccccc3-4)c3ccccc23)c(-c2ccc3c(c2)C(C)(C)c2cc(-c4ccc5c(c4)C(C)(C)c4ccccc4-5)ccc2-3)c1. The standard InChI is InChI=1S/C109H88N2/c1-65-38-54-101(89(56-65)71-44-51-82-80-49-42-69(60-96(80)108(9,10)98(82)62-71)67-40-47-78-75-28-20-23-35-91(75)105(3,4)94(78)58-67)111(104-87-33-18-16-31-85(87)103(86-32-17-19-34-88(86)104)110(73-26-14-13-15-27-73)74-46-53-84-77-30-22-25-37-93(77)107(7,8)100(84)64-74)102-55-39-66(2)57-90(102)72-45-52-83-81-50-43-70(61-97(81)109(11,12)99(83)63-72)68-41-48-79-76-29-21-24-36-92(76)106(5,6)95(79)59-68/h13-64H,1-12H3. The predicted octanol–water partition coefficient (Wildman–Crippen LogP) is 29.7. The summed E-state index contributed by atoms with van der Waals surface area (Å²) in [5.41, 5.74) is 44.7. The number of hydrogen-bond donors (Lipinski definition) is 0. The second-order valence-corrected chi connectivity index (χ2v) is 34.9. The summed E-state index contributed by atoms with van der Waals surface area (Å²) in [6, 6.07) is 122. The van der Waals surface area contributed by atoms with Gasteiger partial charge in [0.1, 0.15) is 0 Å². The monoisotopic (exact) mass is 1420 g/mol. The Morgan fingerprint density at radius 3 is 0.793 bits per heavy atom. The summed E-state index contributed by atoms with van der Waals surface area (Å²) < 4.78 is 0. The Morgan fingerprint density at radius 2 is 0.441 bits per heavy atom. The van der Waals surface area contributed by atoms with Crippen molar-refractivity contribution in [2.45, 2.75) is 110 Å². The highest BCUT2D eigenvalue weighted by Gasteiger charge is 2.42. The lowest BCUT2D eigenvalue weighted by Crippen LogP contribution is -2.18. The molecule has 21 rings (SSSR count). The van der Waals surface area contributed by atoms with Crippen LogP contribution in [0.25, 0.3) is 122 Å². The topological polar surface area (TPSA) is 6.48 Å². The zero-order valence-electron chi connectivity index (χ0n) is 65.4. The Kier molecular flexibility index (Phi) is 14.3. The van der Waals surface area contributed by atoms with Gasteiger partial charge in [-0.05, 0) is 243 Å². The lowest BCUT2D eigenvalue weighted by molar-refractivity contribution is 0.659. The summed E-state index contributed by atoms with van der Waals surface area (Å²) in [7, 11) is 0. The third-order valence-corrected chi connectivity index (χ3v) is 26.8. The van der Waals surface area contributed by atoms with Crippen LogP contribution in [0.3, 0.4) is 0 Å². The van der Waals surface area contributed by atoms with Gasteiger partial charge in [0.15, 0.2) is 0 Å². The fourth-order valence-electron chi connectivity index (χ4n) is 20.8. The molecule has 5 aliphatic rings. The summed E-state index contributed by atoms with van der Waals surface area (Å²) in [6.45, 7) is 28.6. The fraction of sp³-hybridized carbons (Fsp3) is 0.156. The molecule has 0 saturated heterocycles. The van der Waals surface area contributed by atoms with Crippen molar-refractivity contribution in [3.05, 3.63) is 382 Å². The third kappa shape index (κ3) is 9.69. The van der Waals surface area contributed by atoms with Gasteiger partial charge in [-0.15, -0.1) is 0 Å². The van der Waals surface area contributed by atoms with Gasteiger partial charge in [-0.25, -0.2) is 0 Å². The molecule has 0 N–H and O–H groups in total. The molecule has 0 amide bonds. The average Bonchev–Trinajstić information content (AvgIpc) is 1.53. The molecule has 16 aromatic carbocycles. The van der Waals surface area contributed by atoms with E-state index in [-0.39, 0.29) is 27.1 Å². The first-order valence-corrected chi connectivity index (χ1v) is 39.8. The normalized spacial score (nSPS) is 15.2. The van der Waals surface area contributed by atoms with Crippen molar-refractivity contribution in [1.82, 2.24) is 0 Å².